The van der Waals surface area contributed by atoms with Gasteiger partial charge in [-0.2, -0.15) is 0 Å². The molecule has 0 aliphatic rings. The number of hydrogen-bond donors (Lipinski definition) is 0. The fraction of sp³-hybridized carbons (Fsp3) is 0.217. The third-order valence-corrected chi connectivity index (χ3v) is 8.23. The highest BCUT2D eigenvalue weighted by Crippen LogP contribution is 2.44. The van der Waals surface area contributed by atoms with Crippen LogP contribution in [0.2, 0.25) is 0 Å². The van der Waals surface area contributed by atoms with Crippen molar-refractivity contribution in [3.8, 4) is 11.5 Å². The molecule has 27 heavy (non-hydrogen) atoms. The predicted octanol–water partition coefficient (Wildman–Crippen LogP) is 4.27. The van der Waals surface area contributed by atoms with Crippen molar-refractivity contribution in [2.45, 2.75) is 20.8 Å². The average molecular weight is 380 g/mol. The van der Waals surface area contributed by atoms with Crippen LogP contribution >= 0.6 is 7.14 Å². The van der Waals surface area contributed by atoms with E-state index in [0.717, 1.165) is 38.5 Å². The van der Waals surface area contributed by atoms with Crippen molar-refractivity contribution in [1.82, 2.24) is 0 Å². The molecule has 0 saturated carbocycles. The van der Waals surface area contributed by atoms with Crippen LogP contribution in [0.4, 0.5) is 0 Å². The van der Waals surface area contributed by atoms with Crippen molar-refractivity contribution in [3.05, 3.63) is 77.4 Å². The third kappa shape index (κ3) is 3.52. The van der Waals surface area contributed by atoms with Crippen LogP contribution in [0, 0.1) is 20.8 Å². The van der Waals surface area contributed by atoms with Gasteiger partial charge in [-0.05, 0) is 92.1 Å². The zero-order valence-electron chi connectivity index (χ0n) is 16.4. The van der Waals surface area contributed by atoms with Gasteiger partial charge in [-0.3, -0.25) is 0 Å². The Morgan fingerprint density at radius 3 is 1.44 bits per heavy atom. The molecule has 0 bridgehead atoms. The molecule has 0 fully saturated rings. The molecule has 0 unspecified atom stereocenters. The number of benzene rings is 3. The molecular weight excluding hydrogens is 355 g/mol. The van der Waals surface area contributed by atoms with E-state index in [2.05, 4.69) is 26.0 Å². The Morgan fingerprint density at radius 1 is 0.630 bits per heavy atom. The van der Waals surface area contributed by atoms with Crippen LogP contribution in [-0.2, 0) is 4.57 Å². The molecule has 0 heterocycles. The molecule has 3 aromatic carbocycles. The van der Waals surface area contributed by atoms with E-state index in [9.17, 15) is 4.57 Å². The first kappa shape index (κ1) is 19.3. The normalized spacial score (nSPS) is 11.3. The molecule has 0 saturated heterocycles. The minimum absolute atomic E-state index is 0.747. The van der Waals surface area contributed by atoms with Gasteiger partial charge in [0.05, 0.1) is 14.2 Å². The number of methoxy groups -OCH3 is 2. The van der Waals surface area contributed by atoms with E-state index in [4.69, 9.17) is 9.47 Å². The second kappa shape index (κ2) is 7.62. The molecule has 0 atom stereocenters. The maximum absolute atomic E-state index is 14.6. The molecular formula is C23H25O3P. The monoisotopic (exact) mass is 380 g/mol. The fourth-order valence-corrected chi connectivity index (χ4v) is 6.23. The van der Waals surface area contributed by atoms with E-state index in [0.29, 0.717) is 0 Å². The Kier molecular flexibility index (Phi) is 5.43. The van der Waals surface area contributed by atoms with Crippen molar-refractivity contribution >= 4 is 23.1 Å². The van der Waals surface area contributed by atoms with Gasteiger partial charge in [0.25, 0.3) is 0 Å². The molecule has 0 radical (unpaired) electrons. The molecule has 3 nitrogen and oxygen atoms in total. The van der Waals surface area contributed by atoms with Crippen molar-refractivity contribution in [3.63, 3.8) is 0 Å². The summed E-state index contributed by atoms with van der Waals surface area (Å²) in [6, 6.07) is 19.2. The summed E-state index contributed by atoms with van der Waals surface area (Å²) in [5.74, 6) is 1.49. The van der Waals surface area contributed by atoms with Crippen molar-refractivity contribution < 1.29 is 14.0 Å². The molecule has 0 aliphatic heterocycles. The molecule has 0 aliphatic carbocycles. The molecule has 3 aromatic rings. The lowest BCUT2D eigenvalue weighted by Crippen LogP contribution is -2.27. The quantitative estimate of drug-likeness (QED) is 0.620. The zero-order chi connectivity index (χ0) is 19.6. The standard InChI is InChI=1S/C23H25O3P/c1-16-14-18(3)23(15-17(16)2)27(24,21-10-6-19(25-4)7-11-21)22-12-8-20(26-5)9-13-22/h6-15H,1-5H3. The van der Waals surface area contributed by atoms with Gasteiger partial charge in [0.1, 0.15) is 11.5 Å². The minimum Gasteiger partial charge on any atom is -0.497 e. The summed E-state index contributed by atoms with van der Waals surface area (Å²) in [4.78, 5) is 0. The van der Waals surface area contributed by atoms with E-state index in [1.807, 2.05) is 55.5 Å². The lowest BCUT2D eigenvalue weighted by molar-refractivity contribution is 0.415. The molecule has 0 aromatic heterocycles. The molecule has 4 heteroatoms. The highest BCUT2D eigenvalue weighted by atomic mass is 31.2. The van der Waals surface area contributed by atoms with Gasteiger partial charge in [-0.15, -0.1) is 0 Å². The first-order chi connectivity index (χ1) is 12.9. The van der Waals surface area contributed by atoms with E-state index in [-0.39, 0.29) is 0 Å². The Labute approximate surface area is 161 Å². The molecule has 0 spiro atoms. The van der Waals surface area contributed by atoms with E-state index < -0.39 is 7.14 Å². The first-order valence-electron chi connectivity index (χ1n) is 8.88. The highest BCUT2D eigenvalue weighted by Gasteiger charge is 2.31. The summed E-state index contributed by atoms with van der Waals surface area (Å²) in [6.07, 6.45) is 0. The van der Waals surface area contributed by atoms with E-state index in [1.54, 1.807) is 14.2 Å². The second-order valence-corrected chi connectivity index (χ2v) is 9.46. The van der Waals surface area contributed by atoms with Gasteiger partial charge in [0.2, 0.25) is 0 Å². The minimum atomic E-state index is -3.03. The van der Waals surface area contributed by atoms with Crippen LogP contribution < -0.4 is 25.4 Å². The maximum atomic E-state index is 14.6. The van der Waals surface area contributed by atoms with Gasteiger partial charge >= 0.3 is 0 Å². The van der Waals surface area contributed by atoms with Gasteiger partial charge < -0.3 is 14.0 Å². The highest BCUT2D eigenvalue weighted by molar-refractivity contribution is 7.85. The molecule has 3 rings (SSSR count). The molecule has 140 valence electrons. The van der Waals surface area contributed by atoms with Gasteiger partial charge in [0, 0.05) is 15.9 Å². The lowest BCUT2D eigenvalue weighted by Gasteiger charge is -2.23. The van der Waals surface area contributed by atoms with Crippen molar-refractivity contribution in [2.24, 2.45) is 0 Å². The average Bonchev–Trinajstić information content (AvgIpc) is 2.70. The SMILES string of the molecule is COc1ccc(P(=O)(c2ccc(OC)cc2)c2cc(C)c(C)cc2C)cc1. The number of aryl methyl sites for hydroxylation is 3. The lowest BCUT2D eigenvalue weighted by atomic mass is 10.1. The molecule has 0 N–H and O–H groups in total. The van der Waals surface area contributed by atoms with Crippen molar-refractivity contribution in [1.29, 1.82) is 0 Å². The zero-order valence-corrected chi connectivity index (χ0v) is 17.3. The molecule has 0 amide bonds. The smallest absolute Gasteiger partial charge is 0.171 e. The Bertz CT molecular complexity index is 938. The van der Waals surface area contributed by atoms with Crippen LogP contribution in [0.5, 0.6) is 11.5 Å². The van der Waals surface area contributed by atoms with Crippen LogP contribution in [0.15, 0.2) is 60.7 Å². The Morgan fingerprint density at radius 2 is 1.04 bits per heavy atom. The first-order valence-corrected chi connectivity index (χ1v) is 10.6. The summed E-state index contributed by atoms with van der Waals surface area (Å²) >= 11 is 0. The number of rotatable bonds is 5. The summed E-state index contributed by atoms with van der Waals surface area (Å²) < 4.78 is 25.2. The second-order valence-electron chi connectivity index (χ2n) is 6.73. The van der Waals surface area contributed by atoms with E-state index in [1.165, 1.54) is 5.56 Å². The third-order valence-electron chi connectivity index (χ3n) is 5.02. The Hall–Kier alpha value is -2.51. The van der Waals surface area contributed by atoms with Gasteiger partial charge in [0.15, 0.2) is 7.14 Å². The topological polar surface area (TPSA) is 35.5 Å². The number of hydrogen-bond acceptors (Lipinski definition) is 3. The maximum Gasteiger partial charge on any atom is 0.171 e. The van der Waals surface area contributed by atoms with Crippen LogP contribution in [0.1, 0.15) is 16.7 Å². The largest absolute Gasteiger partial charge is 0.497 e. The van der Waals surface area contributed by atoms with Gasteiger partial charge in [-0.25, -0.2) is 0 Å². The summed E-state index contributed by atoms with van der Waals surface area (Å²) in [7, 11) is 0.228. The van der Waals surface area contributed by atoms with Crippen LogP contribution in [-0.4, -0.2) is 14.2 Å². The van der Waals surface area contributed by atoms with Gasteiger partial charge in [-0.1, -0.05) is 6.07 Å². The summed E-state index contributed by atoms with van der Waals surface area (Å²) in [6.45, 7) is 6.17. The predicted molar refractivity (Wildman–Crippen MR) is 113 cm³/mol. The van der Waals surface area contributed by atoms with Crippen LogP contribution in [0.3, 0.4) is 0 Å². The van der Waals surface area contributed by atoms with Crippen LogP contribution in [0.25, 0.3) is 0 Å². The van der Waals surface area contributed by atoms with Crippen molar-refractivity contribution in [2.75, 3.05) is 14.2 Å². The fourth-order valence-electron chi connectivity index (χ4n) is 3.30. The summed E-state index contributed by atoms with van der Waals surface area (Å²) in [5, 5.41) is 2.46. The Balaban J connectivity index is 2.28. The summed E-state index contributed by atoms with van der Waals surface area (Å²) in [5.41, 5.74) is 3.37. The van der Waals surface area contributed by atoms with E-state index >= 15 is 0 Å². The number of ether oxygens (including phenoxy) is 2.